The zero-order chi connectivity index (χ0) is 11.2. The fourth-order valence-electron chi connectivity index (χ4n) is 1.06. The number of hydrogen-bond donors (Lipinski definition) is 1. The van der Waals surface area contributed by atoms with Gasteiger partial charge in [0.1, 0.15) is 5.54 Å². The highest BCUT2D eigenvalue weighted by Gasteiger charge is 2.39. The highest BCUT2D eigenvalue weighted by atomic mass is 16.5. The van der Waals surface area contributed by atoms with Crippen LogP contribution in [0.15, 0.2) is 0 Å². The standard InChI is InChI=1S/C10H17NO3/c1-6-7-11-10(3,8(2)13-4)9(12)14-5/h1,8,11H,7H2,2-5H3. The molecule has 0 aromatic carbocycles. The monoisotopic (exact) mass is 199 g/mol. The van der Waals surface area contributed by atoms with E-state index in [1.807, 2.05) is 0 Å². The number of esters is 1. The maximum Gasteiger partial charge on any atom is 0.328 e. The van der Waals surface area contributed by atoms with Crippen molar-refractivity contribution in [3.63, 3.8) is 0 Å². The number of carbonyl (C=O) groups excluding carboxylic acids is 1. The molecule has 0 radical (unpaired) electrons. The highest BCUT2D eigenvalue weighted by Crippen LogP contribution is 2.14. The highest BCUT2D eigenvalue weighted by molar-refractivity contribution is 5.81. The van der Waals surface area contributed by atoms with Crippen LogP contribution >= 0.6 is 0 Å². The smallest absolute Gasteiger partial charge is 0.328 e. The van der Waals surface area contributed by atoms with Crippen molar-refractivity contribution in [3.8, 4) is 12.3 Å². The Morgan fingerprint density at radius 2 is 2.21 bits per heavy atom. The molecule has 0 aromatic rings. The van der Waals surface area contributed by atoms with E-state index in [0.717, 1.165) is 0 Å². The summed E-state index contributed by atoms with van der Waals surface area (Å²) in [5.74, 6) is 2.02. The molecule has 0 spiro atoms. The number of hydrogen-bond acceptors (Lipinski definition) is 4. The third kappa shape index (κ3) is 2.72. The first kappa shape index (κ1) is 12.9. The lowest BCUT2D eigenvalue weighted by Crippen LogP contribution is -2.58. The molecule has 0 bridgehead atoms. The van der Waals surface area contributed by atoms with Gasteiger partial charge in [-0.05, 0) is 13.8 Å². The average Bonchev–Trinajstić information content (AvgIpc) is 2.23. The lowest BCUT2D eigenvalue weighted by atomic mass is 9.96. The topological polar surface area (TPSA) is 47.6 Å². The van der Waals surface area contributed by atoms with Crippen LogP contribution < -0.4 is 5.32 Å². The lowest BCUT2D eigenvalue weighted by Gasteiger charge is -2.32. The first-order valence-corrected chi connectivity index (χ1v) is 4.32. The Hall–Kier alpha value is -1.05. The summed E-state index contributed by atoms with van der Waals surface area (Å²) in [7, 11) is 2.87. The molecule has 0 rings (SSSR count). The molecule has 2 atom stereocenters. The van der Waals surface area contributed by atoms with Gasteiger partial charge in [-0.3, -0.25) is 5.32 Å². The van der Waals surface area contributed by atoms with Crippen LogP contribution in [0, 0.1) is 12.3 Å². The van der Waals surface area contributed by atoms with E-state index >= 15 is 0 Å². The van der Waals surface area contributed by atoms with E-state index in [1.54, 1.807) is 13.8 Å². The van der Waals surface area contributed by atoms with Crippen LogP contribution in [0.4, 0.5) is 0 Å². The van der Waals surface area contributed by atoms with Crippen molar-refractivity contribution in [2.24, 2.45) is 0 Å². The molecule has 1 N–H and O–H groups in total. The van der Waals surface area contributed by atoms with Crippen molar-refractivity contribution in [2.75, 3.05) is 20.8 Å². The maximum absolute atomic E-state index is 11.5. The van der Waals surface area contributed by atoms with Crippen LogP contribution in [0.3, 0.4) is 0 Å². The molecule has 0 amide bonds. The van der Waals surface area contributed by atoms with Crippen LogP contribution in [0.2, 0.25) is 0 Å². The van der Waals surface area contributed by atoms with Crippen molar-refractivity contribution in [2.45, 2.75) is 25.5 Å². The quantitative estimate of drug-likeness (QED) is 0.506. The summed E-state index contributed by atoms with van der Waals surface area (Å²) < 4.78 is 9.79. The predicted molar refractivity (Wildman–Crippen MR) is 53.7 cm³/mol. The van der Waals surface area contributed by atoms with E-state index in [2.05, 4.69) is 16.0 Å². The lowest BCUT2D eigenvalue weighted by molar-refractivity contribution is -0.153. The number of terminal acetylenes is 1. The number of ether oxygens (including phenoxy) is 2. The fourth-order valence-corrected chi connectivity index (χ4v) is 1.06. The minimum Gasteiger partial charge on any atom is -0.468 e. The molecule has 14 heavy (non-hydrogen) atoms. The van der Waals surface area contributed by atoms with E-state index in [9.17, 15) is 4.79 Å². The molecular weight excluding hydrogens is 182 g/mol. The van der Waals surface area contributed by atoms with Crippen LogP contribution in [0.25, 0.3) is 0 Å². The van der Waals surface area contributed by atoms with Gasteiger partial charge in [-0.15, -0.1) is 6.42 Å². The van der Waals surface area contributed by atoms with E-state index in [4.69, 9.17) is 11.2 Å². The third-order valence-electron chi connectivity index (χ3n) is 2.33. The first-order chi connectivity index (χ1) is 6.52. The van der Waals surface area contributed by atoms with Gasteiger partial charge in [-0.25, -0.2) is 4.79 Å². The van der Waals surface area contributed by atoms with Gasteiger partial charge in [-0.1, -0.05) is 5.92 Å². The number of carbonyl (C=O) groups is 1. The normalized spacial score (nSPS) is 16.5. The second-order valence-corrected chi connectivity index (χ2v) is 3.13. The van der Waals surface area contributed by atoms with Crippen molar-refractivity contribution in [3.05, 3.63) is 0 Å². The van der Waals surface area contributed by atoms with Gasteiger partial charge in [0.15, 0.2) is 0 Å². The third-order valence-corrected chi connectivity index (χ3v) is 2.33. The Balaban J connectivity index is 4.67. The van der Waals surface area contributed by atoms with Gasteiger partial charge in [0.2, 0.25) is 0 Å². The van der Waals surface area contributed by atoms with E-state index < -0.39 is 5.54 Å². The van der Waals surface area contributed by atoms with Crippen LogP contribution in [-0.4, -0.2) is 38.4 Å². The van der Waals surface area contributed by atoms with Crippen molar-refractivity contribution in [1.82, 2.24) is 5.32 Å². The largest absolute Gasteiger partial charge is 0.468 e. The van der Waals surface area contributed by atoms with Crippen LogP contribution in [0.1, 0.15) is 13.8 Å². The average molecular weight is 199 g/mol. The van der Waals surface area contributed by atoms with Gasteiger partial charge >= 0.3 is 5.97 Å². The SMILES string of the molecule is C#CCNC(C)(C(=O)OC)C(C)OC. The van der Waals surface area contributed by atoms with E-state index in [0.29, 0.717) is 6.54 Å². The van der Waals surface area contributed by atoms with Crippen LogP contribution in [0.5, 0.6) is 0 Å². The summed E-state index contributed by atoms with van der Waals surface area (Å²) in [6, 6.07) is 0. The Morgan fingerprint density at radius 3 is 2.57 bits per heavy atom. The number of nitrogens with one attached hydrogen (secondary N) is 1. The van der Waals surface area contributed by atoms with Gasteiger partial charge in [0.05, 0.1) is 19.8 Å². The summed E-state index contributed by atoms with van der Waals surface area (Å²) in [5.41, 5.74) is -0.907. The zero-order valence-electron chi connectivity index (χ0n) is 9.09. The summed E-state index contributed by atoms with van der Waals surface area (Å²) in [4.78, 5) is 11.5. The van der Waals surface area contributed by atoms with Gasteiger partial charge in [0.25, 0.3) is 0 Å². The molecule has 0 saturated carbocycles. The molecule has 0 saturated heterocycles. The number of methoxy groups -OCH3 is 2. The molecule has 0 aliphatic heterocycles. The Morgan fingerprint density at radius 1 is 1.64 bits per heavy atom. The summed E-state index contributed by atoms with van der Waals surface area (Å²) in [5, 5.41) is 2.91. The molecule has 0 fully saturated rings. The Kier molecular flexibility index (Phi) is 5.21. The second kappa shape index (κ2) is 5.63. The van der Waals surface area contributed by atoms with Gasteiger partial charge in [-0.2, -0.15) is 0 Å². The molecule has 80 valence electrons. The minimum absolute atomic E-state index is 0.291. The Bertz CT molecular complexity index is 234. The molecular formula is C10H17NO3. The van der Waals surface area contributed by atoms with Crippen LogP contribution in [-0.2, 0) is 14.3 Å². The fraction of sp³-hybridized carbons (Fsp3) is 0.700. The molecule has 0 heterocycles. The maximum atomic E-state index is 11.5. The summed E-state index contributed by atoms with van der Waals surface area (Å²) in [6.07, 6.45) is 4.80. The van der Waals surface area contributed by atoms with E-state index in [1.165, 1.54) is 14.2 Å². The van der Waals surface area contributed by atoms with Gasteiger partial charge < -0.3 is 9.47 Å². The van der Waals surface area contributed by atoms with Crippen molar-refractivity contribution in [1.29, 1.82) is 0 Å². The first-order valence-electron chi connectivity index (χ1n) is 4.32. The van der Waals surface area contributed by atoms with E-state index in [-0.39, 0.29) is 12.1 Å². The van der Waals surface area contributed by atoms with Crippen molar-refractivity contribution >= 4 is 5.97 Å². The molecule has 4 nitrogen and oxygen atoms in total. The molecule has 2 unspecified atom stereocenters. The van der Waals surface area contributed by atoms with Gasteiger partial charge in [0, 0.05) is 7.11 Å². The zero-order valence-corrected chi connectivity index (χ0v) is 9.09. The molecule has 0 aromatic heterocycles. The number of rotatable bonds is 5. The summed E-state index contributed by atoms with van der Waals surface area (Å²) >= 11 is 0. The summed E-state index contributed by atoms with van der Waals surface area (Å²) in [6.45, 7) is 3.77. The second-order valence-electron chi connectivity index (χ2n) is 3.13. The predicted octanol–water partition coefficient (Wildman–Crippen LogP) is 0.176. The molecule has 4 heteroatoms. The Labute approximate surface area is 85.0 Å². The van der Waals surface area contributed by atoms with Crippen molar-refractivity contribution < 1.29 is 14.3 Å². The minimum atomic E-state index is -0.907. The molecule has 0 aliphatic rings. The molecule has 0 aliphatic carbocycles.